The molecule has 1 aromatic carbocycles. The van der Waals surface area contributed by atoms with E-state index in [1.807, 2.05) is 18.2 Å². The monoisotopic (exact) mass is 293 g/mol. The molecule has 4 nitrogen and oxygen atoms in total. The van der Waals surface area contributed by atoms with Gasteiger partial charge < -0.3 is 15.8 Å². The molecular weight excluding hydrogens is 270 g/mol. The number of rotatable bonds is 6. The highest BCUT2D eigenvalue weighted by molar-refractivity contribution is 7.99. The lowest BCUT2D eigenvalue weighted by molar-refractivity contribution is 0.318. The van der Waals surface area contributed by atoms with E-state index in [0.29, 0.717) is 0 Å². The average Bonchev–Trinajstić information content (AvgIpc) is 3.13. The Balaban J connectivity index is 2.32. The summed E-state index contributed by atoms with van der Waals surface area (Å²) < 4.78 is 0. The summed E-state index contributed by atoms with van der Waals surface area (Å²) in [5.74, 6) is 2.73. The molecule has 0 bridgehead atoms. The molecule has 1 aromatic rings. The minimum Gasteiger partial charge on any atom is -0.409 e. The van der Waals surface area contributed by atoms with Crippen molar-refractivity contribution in [1.29, 1.82) is 0 Å². The van der Waals surface area contributed by atoms with Crippen molar-refractivity contribution in [3.05, 3.63) is 23.8 Å². The lowest BCUT2D eigenvalue weighted by Gasteiger charge is -2.23. The van der Waals surface area contributed by atoms with Crippen LogP contribution in [0, 0.1) is 11.8 Å². The molecule has 5 heteroatoms. The Morgan fingerprint density at radius 2 is 2.25 bits per heavy atom. The van der Waals surface area contributed by atoms with Crippen molar-refractivity contribution in [2.75, 3.05) is 24.2 Å². The van der Waals surface area contributed by atoms with Gasteiger partial charge in [-0.3, -0.25) is 0 Å². The van der Waals surface area contributed by atoms with Crippen LogP contribution in [0.3, 0.4) is 0 Å². The van der Waals surface area contributed by atoms with Gasteiger partial charge in [0.2, 0.25) is 0 Å². The van der Waals surface area contributed by atoms with Crippen LogP contribution in [-0.4, -0.2) is 30.4 Å². The van der Waals surface area contributed by atoms with Gasteiger partial charge in [0.1, 0.15) is 0 Å². The summed E-state index contributed by atoms with van der Waals surface area (Å²) in [6, 6.07) is 6.10. The lowest BCUT2D eigenvalue weighted by atomic mass is 10.1. The third kappa shape index (κ3) is 3.20. The van der Waals surface area contributed by atoms with Crippen LogP contribution >= 0.6 is 11.8 Å². The van der Waals surface area contributed by atoms with Gasteiger partial charge in [0.15, 0.2) is 5.84 Å². The van der Waals surface area contributed by atoms with Crippen LogP contribution in [0.2, 0.25) is 0 Å². The van der Waals surface area contributed by atoms with Gasteiger partial charge in [-0.05, 0) is 36.1 Å². The first-order chi connectivity index (χ1) is 9.58. The van der Waals surface area contributed by atoms with Crippen molar-refractivity contribution in [2.24, 2.45) is 22.7 Å². The second-order valence-electron chi connectivity index (χ2n) is 5.42. The predicted octanol–water partition coefficient (Wildman–Crippen LogP) is 2.99. The van der Waals surface area contributed by atoms with E-state index in [9.17, 15) is 0 Å². The van der Waals surface area contributed by atoms with Gasteiger partial charge in [0, 0.05) is 24.2 Å². The van der Waals surface area contributed by atoms with Crippen LogP contribution in [-0.2, 0) is 0 Å². The zero-order chi connectivity index (χ0) is 14.7. The van der Waals surface area contributed by atoms with Crippen molar-refractivity contribution in [2.45, 2.75) is 25.2 Å². The van der Waals surface area contributed by atoms with Crippen LogP contribution < -0.4 is 10.6 Å². The predicted molar refractivity (Wildman–Crippen MR) is 85.9 cm³/mol. The Hall–Kier alpha value is -1.36. The summed E-state index contributed by atoms with van der Waals surface area (Å²) in [5.41, 5.74) is 7.78. The van der Waals surface area contributed by atoms with Crippen LogP contribution in [0.15, 0.2) is 28.3 Å². The topological polar surface area (TPSA) is 61.8 Å². The molecule has 2 unspecified atom stereocenters. The number of nitrogens with zero attached hydrogens (tertiary/aromatic N) is 2. The summed E-state index contributed by atoms with van der Waals surface area (Å²) in [6.45, 7) is 5.41. The first kappa shape index (κ1) is 15.0. The summed E-state index contributed by atoms with van der Waals surface area (Å²) in [6.07, 6.45) is 1.30. The van der Waals surface area contributed by atoms with E-state index in [-0.39, 0.29) is 5.84 Å². The highest BCUT2D eigenvalue weighted by Gasteiger charge is 2.33. The summed E-state index contributed by atoms with van der Waals surface area (Å²) in [4.78, 5) is 3.29. The van der Waals surface area contributed by atoms with Gasteiger partial charge in [-0.25, -0.2) is 0 Å². The maximum atomic E-state index is 9.06. The maximum absolute atomic E-state index is 9.06. The van der Waals surface area contributed by atoms with Crippen LogP contribution in [0.25, 0.3) is 0 Å². The Morgan fingerprint density at radius 3 is 2.80 bits per heavy atom. The largest absolute Gasteiger partial charge is 0.409 e. The van der Waals surface area contributed by atoms with Crippen molar-refractivity contribution < 1.29 is 5.21 Å². The highest BCUT2D eigenvalue weighted by Crippen LogP contribution is 2.39. The molecule has 0 amide bonds. The van der Waals surface area contributed by atoms with Crippen LogP contribution in [0.4, 0.5) is 5.69 Å². The number of amidine groups is 1. The number of anilines is 1. The van der Waals surface area contributed by atoms with E-state index in [1.165, 1.54) is 6.42 Å². The number of benzene rings is 1. The van der Waals surface area contributed by atoms with Gasteiger partial charge in [0.05, 0.1) is 5.56 Å². The Bertz CT molecular complexity index is 504. The van der Waals surface area contributed by atoms with Gasteiger partial charge in [0.25, 0.3) is 0 Å². The molecule has 2 atom stereocenters. The molecule has 2 rings (SSSR count). The van der Waals surface area contributed by atoms with Crippen LogP contribution in [0.5, 0.6) is 0 Å². The van der Waals surface area contributed by atoms with E-state index in [0.717, 1.165) is 40.3 Å². The van der Waals surface area contributed by atoms with Crippen molar-refractivity contribution in [1.82, 2.24) is 0 Å². The standard InChI is InChI=1S/C15H23N3OS/c1-4-20-13-7-5-6-12(14(13)15(16)17-19)18(3)9-11-8-10(11)2/h5-7,10-11,19H,4,8-9H2,1-3H3,(H2,16,17). The van der Waals surface area contributed by atoms with Crippen molar-refractivity contribution >= 4 is 23.3 Å². The fraction of sp³-hybridized carbons (Fsp3) is 0.533. The fourth-order valence-corrected chi connectivity index (χ4v) is 3.36. The molecule has 1 aliphatic rings. The number of oxime groups is 1. The Morgan fingerprint density at radius 1 is 1.55 bits per heavy atom. The van der Waals surface area contributed by atoms with Gasteiger partial charge >= 0.3 is 0 Å². The van der Waals surface area contributed by atoms with Crippen LogP contribution in [0.1, 0.15) is 25.8 Å². The first-order valence-corrected chi connectivity index (χ1v) is 8.01. The molecule has 1 aliphatic carbocycles. The van der Waals surface area contributed by atoms with Crippen molar-refractivity contribution in [3.63, 3.8) is 0 Å². The highest BCUT2D eigenvalue weighted by atomic mass is 32.2. The third-order valence-corrected chi connectivity index (χ3v) is 4.80. The molecule has 0 saturated heterocycles. The zero-order valence-corrected chi connectivity index (χ0v) is 13.2. The SMILES string of the molecule is CCSc1cccc(N(C)CC2CC2C)c1/C(N)=N/O. The molecule has 1 fully saturated rings. The molecule has 0 aliphatic heterocycles. The number of nitrogens with two attached hydrogens (primary N) is 1. The molecule has 0 spiro atoms. The second kappa shape index (κ2) is 6.39. The normalized spacial score (nSPS) is 21.9. The summed E-state index contributed by atoms with van der Waals surface area (Å²) in [5, 5.41) is 12.3. The third-order valence-electron chi connectivity index (χ3n) is 3.86. The quantitative estimate of drug-likeness (QED) is 0.278. The van der Waals surface area contributed by atoms with Gasteiger partial charge in [-0.2, -0.15) is 0 Å². The molecular formula is C15H23N3OS. The number of hydrogen-bond acceptors (Lipinski definition) is 4. The molecule has 20 heavy (non-hydrogen) atoms. The maximum Gasteiger partial charge on any atom is 0.173 e. The minimum atomic E-state index is 0.187. The van der Waals surface area contributed by atoms with E-state index < -0.39 is 0 Å². The molecule has 0 aromatic heterocycles. The van der Waals surface area contributed by atoms with Gasteiger partial charge in [-0.15, -0.1) is 11.8 Å². The summed E-state index contributed by atoms with van der Waals surface area (Å²) >= 11 is 1.71. The lowest BCUT2D eigenvalue weighted by Crippen LogP contribution is -2.25. The molecule has 110 valence electrons. The molecule has 0 heterocycles. The first-order valence-electron chi connectivity index (χ1n) is 7.03. The number of hydrogen-bond donors (Lipinski definition) is 2. The fourth-order valence-electron chi connectivity index (χ4n) is 2.52. The van der Waals surface area contributed by atoms with E-state index >= 15 is 0 Å². The average molecular weight is 293 g/mol. The molecule has 0 radical (unpaired) electrons. The molecule has 1 saturated carbocycles. The Labute approximate surface area is 125 Å². The van der Waals surface area contributed by atoms with E-state index in [1.54, 1.807) is 11.8 Å². The van der Waals surface area contributed by atoms with E-state index in [2.05, 4.69) is 31.0 Å². The summed E-state index contributed by atoms with van der Waals surface area (Å²) in [7, 11) is 2.08. The Kier molecular flexibility index (Phi) is 4.81. The van der Waals surface area contributed by atoms with E-state index in [4.69, 9.17) is 10.9 Å². The second-order valence-corrected chi connectivity index (χ2v) is 6.73. The van der Waals surface area contributed by atoms with Crippen molar-refractivity contribution in [3.8, 4) is 0 Å². The minimum absolute atomic E-state index is 0.187. The zero-order valence-electron chi connectivity index (χ0n) is 12.3. The number of thioether (sulfide) groups is 1. The molecule has 3 N–H and O–H groups in total. The van der Waals surface area contributed by atoms with Gasteiger partial charge in [-0.1, -0.05) is 25.1 Å². The smallest absolute Gasteiger partial charge is 0.173 e.